The van der Waals surface area contributed by atoms with Gasteiger partial charge in [-0.15, -0.1) is 11.3 Å². The van der Waals surface area contributed by atoms with Crippen molar-refractivity contribution in [3.8, 4) is 0 Å². The second-order valence-electron chi connectivity index (χ2n) is 4.08. The summed E-state index contributed by atoms with van der Waals surface area (Å²) >= 11 is 7.29. The third kappa shape index (κ3) is 3.56. The van der Waals surface area contributed by atoms with E-state index >= 15 is 0 Å². The molecule has 1 N–H and O–H groups in total. The highest BCUT2D eigenvalue weighted by molar-refractivity contribution is 7.14. The molecule has 0 bridgehead atoms. The first kappa shape index (κ1) is 14.1. The summed E-state index contributed by atoms with van der Waals surface area (Å²) in [5, 5.41) is 9.59. The molecule has 3 nitrogen and oxygen atoms in total. The van der Waals surface area contributed by atoms with Gasteiger partial charge < -0.3 is 9.84 Å². The molecule has 0 fully saturated rings. The molecule has 0 spiro atoms. The maximum atomic E-state index is 10.9. The number of carbonyl (C=O) groups is 1. The fraction of sp³-hybridized carbons (Fsp3) is 0.214. The standard InChI is InChI=1S/C14H13ClO3S/c1-9-11(6-13(19-9)14(16)17)8-18-7-10-4-2-3-5-12(10)15/h2-6H,7-8H2,1H3,(H,16,17). The van der Waals surface area contributed by atoms with Gasteiger partial charge >= 0.3 is 5.97 Å². The zero-order valence-corrected chi connectivity index (χ0v) is 11.9. The molecule has 1 heterocycles. The van der Waals surface area contributed by atoms with Gasteiger partial charge in [0.05, 0.1) is 13.2 Å². The number of hydrogen-bond donors (Lipinski definition) is 1. The van der Waals surface area contributed by atoms with E-state index in [0.29, 0.717) is 23.1 Å². The lowest BCUT2D eigenvalue weighted by Crippen LogP contribution is -1.95. The van der Waals surface area contributed by atoms with Crippen LogP contribution in [0.3, 0.4) is 0 Å². The summed E-state index contributed by atoms with van der Waals surface area (Å²) in [6.45, 7) is 2.70. The van der Waals surface area contributed by atoms with E-state index in [-0.39, 0.29) is 0 Å². The van der Waals surface area contributed by atoms with E-state index in [1.165, 1.54) is 11.3 Å². The van der Waals surface area contributed by atoms with Crippen LogP contribution in [0.4, 0.5) is 0 Å². The van der Waals surface area contributed by atoms with Crippen LogP contribution in [0.1, 0.15) is 25.7 Å². The van der Waals surface area contributed by atoms with Crippen molar-refractivity contribution >= 4 is 28.9 Å². The van der Waals surface area contributed by atoms with Crippen LogP contribution in [0, 0.1) is 6.92 Å². The predicted molar refractivity (Wildman–Crippen MR) is 76.0 cm³/mol. The first-order chi connectivity index (χ1) is 9.08. The van der Waals surface area contributed by atoms with Crippen molar-refractivity contribution in [2.24, 2.45) is 0 Å². The molecule has 2 aromatic rings. The molecule has 0 saturated carbocycles. The van der Waals surface area contributed by atoms with Crippen LogP contribution >= 0.6 is 22.9 Å². The van der Waals surface area contributed by atoms with Crippen molar-refractivity contribution in [2.75, 3.05) is 0 Å². The molecule has 19 heavy (non-hydrogen) atoms. The Balaban J connectivity index is 1.96. The van der Waals surface area contributed by atoms with E-state index < -0.39 is 5.97 Å². The Morgan fingerprint density at radius 1 is 1.32 bits per heavy atom. The Bertz CT molecular complexity index is 592. The van der Waals surface area contributed by atoms with Gasteiger partial charge in [-0.2, -0.15) is 0 Å². The number of halogens is 1. The number of benzene rings is 1. The maximum absolute atomic E-state index is 10.9. The molecule has 0 atom stereocenters. The molecule has 100 valence electrons. The molecule has 2 rings (SSSR count). The molecule has 0 radical (unpaired) electrons. The largest absolute Gasteiger partial charge is 0.477 e. The van der Waals surface area contributed by atoms with Gasteiger partial charge in [0.25, 0.3) is 0 Å². The SMILES string of the molecule is Cc1sc(C(=O)O)cc1COCc1ccccc1Cl. The smallest absolute Gasteiger partial charge is 0.345 e. The van der Waals surface area contributed by atoms with Gasteiger partial charge in [0.15, 0.2) is 0 Å². The molecule has 5 heteroatoms. The lowest BCUT2D eigenvalue weighted by atomic mass is 10.2. The van der Waals surface area contributed by atoms with Gasteiger partial charge in [0.1, 0.15) is 4.88 Å². The predicted octanol–water partition coefficient (Wildman–Crippen LogP) is 4.12. The third-order valence-corrected chi connectivity index (χ3v) is 4.15. The van der Waals surface area contributed by atoms with Gasteiger partial charge in [0, 0.05) is 9.90 Å². The summed E-state index contributed by atoms with van der Waals surface area (Å²) in [7, 11) is 0. The van der Waals surface area contributed by atoms with Crippen LogP contribution in [0.5, 0.6) is 0 Å². The average molecular weight is 297 g/mol. The van der Waals surface area contributed by atoms with Crippen molar-refractivity contribution in [2.45, 2.75) is 20.1 Å². The molecule has 1 aromatic carbocycles. The van der Waals surface area contributed by atoms with Crippen molar-refractivity contribution in [1.29, 1.82) is 0 Å². The van der Waals surface area contributed by atoms with Gasteiger partial charge in [-0.3, -0.25) is 0 Å². The Morgan fingerprint density at radius 2 is 2.00 bits per heavy atom. The first-order valence-electron chi connectivity index (χ1n) is 5.71. The summed E-state index contributed by atoms with van der Waals surface area (Å²) in [6, 6.07) is 9.16. The highest BCUT2D eigenvalue weighted by atomic mass is 35.5. The topological polar surface area (TPSA) is 46.5 Å². The summed E-state index contributed by atoms with van der Waals surface area (Å²) in [6.07, 6.45) is 0. The summed E-state index contributed by atoms with van der Waals surface area (Å²) < 4.78 is 5.59. The van der Waals surface area contributed by atoms with Crippen molar-refractivity contribution in [3.05, 3.63) is 56.2 Å². The van der Waals surface area contributed by atoms with Gasteiger partial charge in [-0.05, 0) is 30.2 Å². The fourth-order valence-corrected chi connectivity index (χ4v) is 2.71. The number of carboxylic acid groups (broad SMARTS) is 1. The minimum atomic E-state index is -0.898. The van der Waals surface area contributed by atoms with Crippen molar-refractivity contribution < 1.29 is 14.6 Å². The van der Waals surface area contributed by atoms with Gasteiger partial charge in [0.2, 0.25) is 0 Å². The number of hydrogen-bond acceptors (Lipinski definition) is 3. The van der Waals surface area contributed by atoms with Crippen LogP contribution in [-0.2, 0) is 18.0 Å². The quantitative estimate of drug-likeness (QED) is 0.902. The van der Waals surface area contributed by atoms with Crippen LogP contribution in [0.15, 0.2) is 30.3 Å². The summed E-state index contributed by atoms with van der Waals surface area (Å²) in [5.74, 6) is -0.898. The van der Waals surface area contributed by atoms with Crippen LogP contribution in [-0.4, -0.2) is 11.1 Å². The van der Waals surface area contributed by atoms with Crippen LogP contribution < -0.4 is 0 Å². The highest BCUT2D eigenvalue weighted by Gasteiger charge is 2.11. The van der Waals surface area contributed by atoms with E-state index in [9.17, 15) is 4.79 Å². The van der Waals surface area contributed by atoms with Crippen LogP contribution in [0.2, 0.25) is 5.02 Å². The molecule has 1 aromatic heterocycles. The van der Waals surface area contributed by atoms with E-state index in [2.05, 4.69) is 0 Å². The normalized spacial score (nSPS) is 10.6. The minimum Gasteiger partial charge on any atom is -0.477 e. The molecule has 0 aliphatic heterocycles. The lowest BCUT2D eigenvalue weighted by molar-refractivity contribution is 0.0701. The number of thiophene rings is 1. The molecule has 0 amide bonds. The van der Waals surface area contributed by atoms with E-state index in [1.54, 1.807) is 6.07 Å². The molecule has 0 unspecified atom stereocenters. The fourth-order valence-electron chi connectivity index (χ4n) is 1.65. The number of rotatable bonds is 5. The number of aromatic carboxylic acids is 1. The zero-order chi connectivity index (χ0) is 13.8. The monoisotopic (exact) mass is 296 g/mol. The second-order valence-corrected chi connectivity index (χ2v) is 5.74. The van der Waals surface area contributed by atoms with E-state index in [4.69, 9.17) is 21.4 Å². The average Bonchev–Trinajstić information content (AvgIpc) is 2.74. The zero-order valence-electron chi connectivity index (χ0n) is 10.4. The Morgan fingerprint density at radius 3 is 2.63 bits per heavy atom. The lowest BCUT2D eigenvalue weighted by Gasteiger charge is -2.05. The molecule has 0 saturated heterocycles. The third-order valence-electron chi connectivity index (χ3n) is 2.70. The molecule has 0 aliphatic rings. The summed E-state index contributed by atoms with van der Waals surface area (Å²) in [4.78, 5) is 12.2. The van der Waals surface area contributed by atoms with E-state index in [1.807, 2.05) is 31.2 Å². The summed E-state index contributed by atoms with van der Waals surface area (Å²) in [5.41, 5.74) is 1.84. The Hall–Kier alpha value is -1.36. The highest BCUT2D eigenvalue weighted by Crippen LogP contribution is 2.23. The van der Waals surface area contributed by atoms with Crippen LogP contribution in [0.25, 0.3) is 0 Å². The number of aryl methyl sites for hydroxylation is 1. The Kier molecular flexibility index (Phi) is 4.58. The molecule has 0 aliphatic carbocycles. The number of ether oxygens (including phenoxy) is 1. The van der Waals surface area contributed by atoms with Gasteiger partial charge in [-0.25, -0.2) is 4.79 Å². The van der Waals surface area contributed by atoms with Crippen molar-refractivity contribution in [3.63, 3.8) is 0 Å². The maximum Gasteiger partial charge on any atom is 0.345 e. The number of carboxylic acids is 1. The molecular weight excluding hydrogens is 284 g/mol. The van der Waals surface area contributed by atoms with E-state index in [0.717, 1.165) is 16.0 Å². The van der Waals surface area contributed by atoms with Gasteiger partial charge in [-0.1, -0.05) is 29.8 Å². The second kappa shape index (κ2) is 6.19. The molecular formula is C14H13ClO3S. The Labute approximate surface area is 120 Å². The van der Waals surface area contributed by atoms with Crippen molar-refractivity contribution in [1.82, 2.24) is 0 Å². The first-order valence-corrected chi connectivity index (χ1v) is 6.91. The minimum absolute atomic E-state index is 0.342.